The third-order valence-electron chi connectivity index (χ3n) is 2.88. The first-order valence-corrected chi connectivity index (χ1v) is 5.10. The molecule has 1 aliphatic carbocycles. The second kappa shape index (κ2) is 3.81. The van der Waals surface area contributed by atoms with Gasteiger partial charge in [0, 0.05) is 12.2 Å². The highest BCUT2D eigenvalue weighted by Gasteiger charge is 2.17. The molecule has 0 radical (unpaired) electrons. The molecular weight excluding hydrogens is 162 g/mol. The Bertz CT molecular complexity index is 235. The van der Waals surface area contributed by atoms with Gasteiger partial charge < -0.3 is 5.32 Å². The van der Waals surface area contributed by atoms with E-state index >= 15 is 0 Å². The van der Waals surface area contributed by atoms with Crippen molar-refractivity contribution in [2.75, 3.05) is 5.32 Å². The fourth-order valence-corrected chi connectivity index (χ4v) is 1.97. The molecule has 0 spiro atoms. The van der Waals surface area contributed by atoms with Crippen molar-refractivity contribution >= 4 is 5.69 Å². The molecule has 2 N–H and O–H groups in total. The minimum atomic E-state index is 0.661. The molecule has 1 fully saturated rings. The SMILES string of the molecule is CC1CCC(Nc2cn[nH]c2)CC1. The third kappa shape index (κ3) is 2.23. The lowest BCUT2D eigenvalue weighted by molar-refractivity contribution is 0.361. The summed E-state index contributed by atoms with van der Waals surface area (Å²) in [6, 6.07) is 0.661. The molecule has 1 aliphatic rings. The van der Waals surface area contributed by atoms with Crippen LogP contribution in [0, 0.1) is 5.92 Å². The van der Waals surface area contributed by atoms with Crippen LogP contribution in [0.5, 0.6) is 0 Å². The molecule has 0 aliphatic heterocycles. The summed E-state index contributed by atoms with van der Waals surface area (Å²) >= 11 is 0. The number of anilines is 1. The van der Waals surface area contributed by atoms with E-state index < -0.39 is 0 Å². The number of hydrogen-bond donors (Lipinski definition) is 2. The van der Waals surface area contributed by atoms with E-state index in [0.29, 0.717) is 6.04 Å². The van der Waals surface area contributed by atoms with Crippen molar-refractivity contribution in [1.82, 2.24) is 10.2 Å². The van der Waals surface area contributed by atoms with E-state index in [9.17, 15) is 0 Å². The van der Waals surface area contributed by atoms with Gasteiger partial charge in [-0.2, -0.15) is 5.10 Å². The number of nitrogens with zero attached hydrogens (tertiary/aromatic N) is 1. The molecule has 2 rings (SSSR count). The monoisotopic (exact) mass is 179 g/mol. The Morgan fingerprint density at radius 3 is 2.77 bits per heavy atom. The molecule has 13 heavy (non-hydrogen) atoms. The third-order valence-corrected chi connectivity index (χ3v) is 2.88. The molecule has 3 nitrogen and oxygen atoms in total. The van der Waals surface area contributed by atoms with Gasteiger partial charge in [-0.1, -0.05) is 6.92 Å². The van der Waals surface area contributed by atoms with E-state index in [2.05, 4.69) is 22.4 Å². The van der Waals surface area contributed by atoms with Crippen molar-refractivity contribution in [1.29, 1.82) is 0 Å². The van der Waals surface area contributed by atoms with E-state index in [1.54, 1.807) is 0 Å². The van der Waals surface area contributed by atoms with Crippen molar-refractivity contribution in [2.45, 2.75) is 38.6 Å². The summed E-state index contributed by atoms with van der Waals surface area (Å²) in [4.78, 5) is 0. The van der Waals surface area contributed by atoms with E-state index in [1.165, 1.54) is 25.7 Å². The first-order valence-electron chi connectivity index (χ1n) is 5.10. The van der Waals surface area contributed by atoms with Crippen molar-refractivity contribution < 1.29 is 0 Å². The molecule has 1 heterocycles. The molecule has 0 saturated heterocycles. The first-order chi connectivity index (χ1) is 6.34. The molecule has 1 aromatic heterocycles. The van der Waals surface area contributed by atoms with Gasteiger partial charge in [-0.25, -0.2) is 0 Å². The Morgan fingerprint density at radius 1 is 1.38 bits per heavy atom. The second-order valence-corrected chi connectivity index (χ2v) is 4.09. The van der Waals surface area contributed by atoms with E-state index in [-0.39, 0.29) is 0 Å². The maximum Gasteiger partial charge on any atom is 0.0725 e. The van der Waals surface area contributed by atoms with Gasteiger partial charge in [-0.3, -0.25) is 5.10 Å². The lowest BCUT2D eigenvalue weighted by Gasteiger charge is -2.27. The highest BCUT2D eigenvalue weighted by molar-refractivity contribution is 5.38. The molecule has 72 valence electrons. The fourth-order valence-electron chi connectivity index (χ4n) is 1.97. The Kier molecular flexibility index (Phi) is 2.52. The van der Waals surface area contributed by atoms with Gasteiger partial charge in [0.25, 0.3) is 0 Å². The van der Waals surface area contributed by atoms with Crippen LogP contribution in [-0.4, -0.2) is 16.2 Å². The van der Waals surface area contributed by atoms with Gasteiger partial charge in [-0.15, -0.1) is 0 Å². The average molecular weight is 179 g/mol. The van der Waals surface area contributed by atoms with Crippen molar-refractivity contribution in [2.24, 2.45) is 5.92 Å². The number of nitrogens with one attached hydrogen (secondary N) is 2. The van der Waals surface area contributed by atoms with Crippen LogP contribution in [0.2, 0.25) is 0 Å². The summed E-state index contributed by atoms with van der Waals surface area (Å²) in [5, 5.41) is 10.2. The Labute approximate surface area is 78.9 Å². The van der Waals surface area contributed by atoms with Gasteiger partial charge in [0.1, 0.15) is 0 Å². The van der Waals surface area contributed by atoms with Crippen LogP contribution in [0.25, 0.3) is 0 Å². The van der Waals surface area contributed by atoms with Crippen LogP contribution in [0.3, 0.4) is 0 Å². The smallest absolute Gasteiger partial charge is 0.0725 e. The predicted octanol–water partition coefficient (Wildman–Crippen LogP) is 2.40. The Balaban J connectivity index is 1.83. The minimum Gasteiger partial charge on any atom is -0.380 e. The maximum absolute atomic E-state index is 3.92. The van der Waals surface area contributed by atoms with Gasteiger partial charge in [0.15, 0.2) is 0 Å². The molecule has 0 atom stereocenters. The van der Waals surface area contributed by atoms with Crippen LogP contribution in [0.1, 0.15) is 32.6 Å². The van der Waals surface area contributed by atoms with Gasteiger partial charge in [0.05, 0.1) is 11.9 Å². The number of aromatic nitrogens is 2. The molecule has 1 aromatic rings. The molecule has 0 amide bonds. The topological polar surface area (TPSA) is 40.7 Å². The second-order valence-electron chi connectivity index (χ2n) is 4.09. The lowest BCUT2D eigenvalue weighted by atomic mass is 9.87. The molecule has 0 bridgehead atoms. The maximum atomic E-state index is 3.92. The van der Waals surface area contributed by atoms with E-state index in [0.717, 1.165) is 11.6 Å². The first kappa shape index (κ1) is 8.60. The van der Waals surface area contributed by atoms with E-state index in [1.807, 2.05) is 12.4 Å². The summed E-state index contributed by atoms with van der Waals surface area (Å²) in [6.45, 7) is 2.34. The standard InChI is InChI=1S/C10H17N3/c1-8-2-4-9(5-3-8)13-10-6-11-12-7-10/h6-9,13H,2-5H2,1H3,(H,11,12). The highest BCUT2D eigenvalue weighted by atomic mass is 15.1. The van der Waals surface area contributed by atoms with Gasteiger partial charge in [-0.05, 0) is 31.6 Å². The van der Waals surface area contributed by atoms with Crippen molar-refractivity contribution in [3.05, 3.63) is 12.4 Å². The number of H-pyrrole nitrogens is 1. The van der Waals surface area contributed by atoms with Crippen LogP contribution in [-0.2, 0) is 0 Å². The molecule has 0 unspecified atom stereocenters. The zero-order chi connectivity index (χ0) is 9.10. The largest absolute Gasteiger partial charge is 0.380 e. The molecule has 1 saturated carbocycles. The molecular formula is C10H17N3. The summed E-state index contributed by atoms with van der Waals surface area (Å²) in [5.74, 6) is 0.919. The van der Waals surface area contributed by atoms with Crippen LogP contribution in [0.4, 0.5) is 5.69 Å². The normalized spacial score (nSPS) is 28.7. The van der Waals surface area contributed by atoms with Crippen molar-refractivity contribution in [3.63, 3.8) is 0 Å². The average Bonchev–Trinajstić information content (AvgIpc) is 2.62. The fraction of sp³-hybridized carbons (Fsp3) is 0.700. The van der Waals surface area contributed by atoms with Crippen LogP contribution >= 0.6 is 0 Å². The summed E-state index contributed by atoms with van der Waals surface area (Å²) in [6.07, 6.45) is 9.07. The number of aromatic amines is 1. The molecule has 3 heteroatoms. The van der Waals surface area contributed by atoms with E-state index in [4.69, 9.17) is 0 Å². The van der Waals surface area contributed by atoms with Crippen molar-refractivity contribution in [3.8, 4) is 0 Å². The minimum absolute atomic E-state index is 0.661. The highest BCUT2D eigenvalue weighted by Crippen LogP contribution is 2.25. The van der Waals surface area contributed by atoms with Crippen LogP contribution < -0.4 is 5.32 Å². The number of hydrogen-bond acceptors (Lipinski definition) is 2. The summed E-state index contributed by atoms with van der Waals surface area (Å²) in [5.41, 5.74) is 1.12. The zero-order valence-corrected chi connectivity index (χ0v) is 8.09. The zero-order valence-electron chi connectivity index (χ0n) is 8.09. The van der Waals surface area contributed by atoms with Gasteiger partial charge in [0.2, 0.25) is 0 Å². The lowest BCUT2D eigenvalue weighted by Crippen LogP contribution is -2.24. The Hall–Kier alpha value is -0.990. The van der Waals surface area contributed by atoms with Gasteiger partial charge >= 0.3 is 0 Å². The summed E-state index contributed by atoms with van der Waals surface area (Å²) < 4.78 is 0. The summed E-state index contributed by atoms with van der Waals surface area (Å²) in [7, 11) is 0. The number of rotatable bonds is 2. The quantitative estimate of drug-likeness (QED) is 0.732. The Morgan fingerprint density at radius 2 is 2.15 bits per heavy atom. The molecule has 0 aromatic carbocycles. The predicted molar refractivity (Wildman–Crippen MR) is 53.6 cm³/mol. The van der Waals surface area contributed by atoms with Crippen LogP contribution in [0.15, 0.2) is 12.4 Å².